The molecule has 0 saturated heterocycles. The van der Waals surface area contributed by atoms with Gasteiger partial charge < -0.3 is 15.4 Å². The van der Waals surface area contributed by atoms with Crippen LogP contribution in [-0.4, -0.2) is 29.9 Å². The van der Waals surface area contributed by atoms with E-state index < -0.39 is 11.7 Å². The minimum absolute atomic E-state index is 0.0471. The van der Waals surface area contributed by atoms with Crippen molar-refractivity contribution in [3.05, 3.63) is 24.3 Å². The molecule has 1 aromatic carbocycles. The van der Waals surface area contributed by atoms with E-state index in [0.717, 1.165) is 10.6 Å². The molecule has 21 heavy (non-hydrogen) atoms. The van der Waals surface area contributed by atoms with Crippen LogP contribution in [0.15, 0.2) is 29.2 Å². The number of nitrogens with one attached hydrogen (secondary N) is 2. The van der Waals surface area contributed by atoms with Crippen LogP contribution in [0.2, 0.25) is 0 Å². The Morgan fingerprint density at radius 2 is 2.05 bits per heavy atom. The summed E-state index contributed by atoms with van der Waals surface area (Å²) in [5, 5.41) is 5.44. The first kappa shape index (κ1) is 17.4. The predicted octanol–water partition coefficient (Wildman–Crippen LogP) is 3.26. The summed E-state index contributed by atoms with van der Waals surface area (Å²) in [7, 11) is 0. The molecule has 0 spiro atoms. The molecule has 1 unspecified atom stereocenters. The third kappa shape index (κ3) is 7.04. The molecule has 5 nitrogen and oxygen atoms in total. The predicted molar refractivity (Wildman–Crippen MR) is 85.7 cm³/mol. The first-order valence-corrected chi connectivity index (χ1v) is 7.72. The quantitative estimate of drug-likeness (QED) is 0.625. The minimum atomic E-state index is -0.503. The average molecular weight is 310 g/mol. The number of anilines is 1. The molecule has 0 heterocycles. The zero-order valence-electron chi connectivity index (χ0n) is 12.8. The summed E-state index contributed by atoms with van der Waals surface area (Å²) in [4.78, 5) is 23.2. The summed E-state index contributed by atoms with van der Waals surface area (Å²) in [6.45, 7) is 7.39. The van der Waals surface area contributed by atoms with Crippen LogP contribution in [0.3, 0.4) is 0 Å². The van der Waals surface area contributed by atoms with Crippen molar-refractivity contribution in [3.63, 3.8) is 0 Å². The molecule has 0 radical (unpaired) electrons. The zero-order chi connectivity index (χ0) is 15.9. The van der Waals surface area contributed by atoms with E-state index in [1.807, 2.05) is 52.0 Å². The Bertz CT molecular complexity index is 486. The summed E-state index contributed by atoms with van der Waals surface area (Å²) in [5.41, 5.74) is 0.263. The molecule has 2 amide bonds. The number of para-hydroxylation sites is 1. The monoisotopic (exact) mass is 310 g/mol. The van der Waals surface area contributed by atoms with E-state index in [9.17, 15) is 9.59 Å². The fraction of sp³-hybridized carbons (Fsp3) is 0.467. The SMILES string of the molecule is CC(CSc1ccccc1NC=O)NC(=O)OC(C)(C)C. The van der Waals surface area contributed by atoms with Crippen molar-refractivity contribution in [3.8, 4) is 0 Å². The van der Waals surface area contributed by atoms with Crippen molar-refractivity contribution < 1.29 is 14.3 Å². The molecular formula is C15H22N2O3S. The number of hydrogen-bond donors (Lipinski definition) is 2. The molecule has 0 bridgehead atoms. The van der Waals surface area contributed by atoms with Crippen molar-refractivity contribution in [1.82, 2.24) is 5.32 Å². The van der Waals surface area contributed by atoms with Gasteiger partial charge in [-0.2, -0.15) is 0 Å². The van der Waals surface area contributed by atoms with Gasteiger partial charge in [-0.15, -0.1) is 11.8 Å². The van der Waals surface area contributed by atoms with Crippen LogP contribution in [0.25, 0.3) is 0 Å². The highest BCUT2D eigenvalue weighted by Crippen LogP contribution is 2.27. The Hall–Kier alpha value is -1.69. The van der Waals surface area contributed by atoms with E-state index >= 15 is 0 Å². The number of carbonyl (C=O) groups excluding carboxylic acids is 2. The Labute approximate surface area is 129 Å². The van der Waals surface area contributed by atoms with Crippen LogP contribution in [0.1, 0.15) is 27.7 Å². The number of rotatable bonds is 6. The molecule has 0 aliphatic carbocycles. The van der Waals surface area contributed by atoms with E-state index in [4.69, 9.17) is 4.74 Å². The summed E-state index contributed by atoms with van der Waals surface area (Å²) < 4.78 is 5.20. The van der Waals surface area contributed by atoms with Crippen LogP contribution in [0.5, 0.6) is 0 Å². The number of ether oxygens (including phenoxy) is 1. The highest BCUT2D eigenvalue weighted by atomic mass is 32.2. The third-order valence-electron chi connectivity index (χ3n) is 2.35. The fourth-order valence-corrected chi connectivity index (χ4v) is 2.51. The summed E-state index contributed by atoms with van der Waals surface area (Å²) in [6, 6.07) is 7.48. The average Bonchev–Trinajstić information content (AvgIpc) is 2.35. The van der Waals surface area contributed by atoms with Gasteiger partial charge in [-0.3, -0.25) is 4.79 Å². The Kier molecular flexibility index (Phi) is 6.55. The van der Waals surface area contributed by atoms with Crippen molar-refractivity contribution in [2.75, 3.05) is 11.1 Å². The molecule has 0 saturated carbocycles. The summed E-state index contributed by atoms with van der Waals surface area (Å²) in [6.07, 6.45) is 0.233. The molecule has 0 aliphatic heterocycles. The largest absolute Gasteiger partial charge is 0.444 e. The lowest BCUT2D eigenvalue weighted by molar-refractivity contribution is -0.105. The lowest BCUT2D eigenvalue weighted by atomic mass is 10.2. The highest BCUT2D eigenvalue weighted by Gasteiger charge is 2.17. The standard InChI is InChI=1S/C15H22N2O3S/c1-11(17-14(19)20-15(2,3)4)9-21-13-8-6-5-7-12(13)16-10-18/h5-8,10-11H,9H2,1-4H3,(H,16,18)(H,17,19). The number of alkyl carbamates (subject to hydrolysis) is 1. The second kappa shape index (κ2) is 7.93. The first-order chi connectivity index (χ1) is 9.81. The number of benzene rings is 1. The van der Waals surface area contributed by atoms with Gasteiger partial charge in [0.25, 0.3) is 0 Å². The van der Waals surface area contributed by atoms with Crippen molar-refractivity contribution in [2.45, 2.75) is 44.2 Å². The Morgan fingerprint density at radius 3 is 2.67 bits per heavy atom. The zero-order valence-corrected chi connectivity index (χ0v) is 13.6. The number of amides is 2. The molecule has 0 aliphatic rings. The molecule has 1 atom stereocenters. The lowest BCUT2D eigenvalue weighted by Gasteiger charge is -2.22. The lowest BCUT2D eigenvalue weighted by Crippen LogP contribution is -2.38. The van der Waals surface area contributed by atoms with Crippen LogP contribution >= 0.6 is 11.8 Å². The molecule has 2 N–H and O–H groups in total. The smallest absolute Gasteiger partial charge is 0.407 e. The van der Waals surface area contributed by atoms with Crippen LogP contribution < -0.4 is 10.6 Å². The van der Waals surface area contributed by atoms with E-state index in [-0.39, 0.29) is 6.04 Å². The maximum absolute atomic E-state index is 11.6. The van der Waals surface area contributed by atoms with Gasteiger partial charge in [0, 0.05) is 16.7 Å². The van der Waals surface area contributed by atoms with Gasteiger partial charge >= 0.3 is 6.09 Å². The van der Waals surface area contributed by atoms with Gasteiger partial charge in [0.15, 0.2) is 0 Å². The van der Waals surface area contributed by atoms with Gasteiger partial charge in [-0.25, -0.2) is 4.79 Å². The second-order valence-electron chi connectivity index (χ2n) is 5.62. The molecule has 6 heteroatoms. The van der Waals surface area contributed by atoms with Gasteiger partial charge in [-0.1, -0.05) is 12.1 Å². The van der Waals surface area contributed by atoms with Gasteiger partial charge in [0.2, 0.25) is 6.41 Å². The van der Waals surface area contributed by atoms with Crippen LogP contribution in [0.4, 0.5) is 10.5 Å². The van der Waals surface area contributed by atoms with Crippen molar-refractivity contribution in [2.24, 2.45) is 0 Å². The molecule has 0 fully saturated rings. The van der Waals surface area contributed by atoms with Crippen molar-refractivity contribution >= 4 is 30.0 Å². The Balaban J connectivity index is 2.48. The molecule has 1 rings (SSSR count). The second-order valence-corrected chi connectivity index (χ2v) is 6.68. The van der Waals surface area contributed by atoms with E-state index in [1.165, 1.54) is 0 Å². The third-order valence-corrected chi connectivity index (χ3v) is 3.69. The van der Waals surface area contributed by atoms with Gasteiger partial charge in [0.1, 0.15) is 5.60 Å². The van der Waals surface area contributed by atoms with Crippen molar-refractivity contribution in [1.29, 1.82) is 0 Å². The summed E-state index contributed by atoms with van der Waals surface area (Å²) in [5.74, 6) is 0.677. The number of carbonyl (C=O) groups is 2. The summed E-state index contributed by atoms with van der Waals surface area (Å²) >= 11 is 1.56. The van der Waals surface area contributed by atoms with E-state index in [0.29, 0.717) is 12.2 Å². The maximum atomic E-state index is 11.6. The topological polar surface area (TPSA) is 67.4 Å². The first-order valence-electron chi connectivity index (χ1n) is 6.73. The minimum Gasteiger partial charge on any atom is -0.444 e. The molecule has 1 aromatic rings. The molecule has 0 aromatic heterocycles. The van der Waals surface area contributed by atoms with Gasteiger partial charge in [-0.05, 0) is 39.8 Å². The maximum Gasteiger partial charge on any atom is 0.407 e. The van der Waals surface area contributed by atoms with E-state index in [2.05, 4.69) is 10.6 Å². The Morgan fingerprint density at radius 1 is 1.38 bits per heavy atom. The van der Waals surface area contributed by atoms with Gasteiger partial charge in [0.05, 0.1) is 5.69 Å². The molecular weight excluding hydrogens is 288 g/mol. The number of hydrogen-bond acceptors (Lipinski definition) is 4. The highest BCUT2D eigenvalue weighted by molar-refractivity contribution is 7.99. The van der Waals surface area contributed by atoms with E-state index in [1.54, 1.807) is 11.8 Å². The molecule has 116 valence electrons. The van der Waals surface area contributed by atoms with Crippen LogP contribution in [0, 0.1) is 0 Å². The van der Waals surface area contributed by atoms with Crippen LogP contribution in [-0.2, 0) is 9.53 Å². The fourth-order valence-electron chi connectivity index (χ4n) is 1.54. The number of thioether (sulfide) groups is 1. The normalized spacial score (nSPS) is 12.4.